The molecule has 0 aromatic rings. The topological polar surface area (TPSA) is 0 Å². The van der Waals surface area contributed by atoms with Gasteiger partial charge in [0.15, 0.2) is 0 Å². The summed E-state index contributed by atoms with van der Waals surface area (Å²) in [5.74, 6) is 0. The molecule has 0 spiro atoms. The van der Waals surface area contributed by atoms with Crippen LogP contribution in [0, 0.1) is 0 Å². The Morgan fingerprint density at radius 1 is 0.267 bits per heavy atom. The van der Waals surface area contributed by atoms with Crippen LogP contribution in [0.2, 0.25) is 0 Å². The Balaban J connectivity index is 5.62. The summed E-state index contributed by atoms with van der Waals surface area (Å²) in [6.07, 6.45) is 44.7. The van der Waals surface area contributed by atoms with Gasteiger partial charge < -0.3 is 0 Å². The summed E-state index contributed by atoms with van der Waals surface area (Å²) in [7, 11) is -1.46. The van der Waals surface area contributed by atoms with Gasteiger partial charge in [-0.15, -0.1) is 0 Å². The third kappa shape index (κ3) is 23.5. The molecule has 4 atom stereocenters. The number of halogens is 4. The molecule has 0 fully saturated rings. The molecule has 0 saturated carbocycles. The number of hydrogen-bond acceptors (Lipinski definition) is 0. The molecule has 0 amide bonds. The van der Waals surface area contributed by atoms with Crippen LogP contribution in [-0.2, 0) is 0 Å². The van der Waals surface area contributed by atoms with Gasteiger partial charge in [-0.2, -0.15) is 0 Å². The highest BCUT2D eigenvalue weighted by Crippen LogP contribution is 2.82. The van der Waals surface area contributed by atoms with E-state index >= 15 is 0 Å². The van der Waals surface area contributed by atoms with Gasteiger partial charge in [-0.25, -0.2) is 0 Å². The first-order valence-corrected chi connectivity index (χ1v) is 26.1. The van der Waals surface area contributed by atoms with Crippen LogP contribution in [-0.4, -0.2) is 18.3 Å². The molecule has 0 radical (unpaired) electrons. The van der Waals surface area contributed by atoms with Crippen LogP contribution >= 0.6 is 71.0 Å². The summed E-state index contributed by atoms with van der Waals surface area (Å²) < 4.78 is 2.55. The van der Waals surface area contributed by atoms with E-state index in [0.717, 1.165) is 0 Å². The molecule has 0 aliphatic rings. The Hall–Kier alpha value is 2.35. The zero-order chi connectivity index (χ0) is 33.4. The summed E-state index contributed by atoms with van der Waals surface area (Å²) >= 11 is 18.0. The second-order valence-corrected chi connectivity index (χ2v) is 25.8. The number of unbranched alkanes of at least 4 members (excludes halogenated alkanes) is 24. The standard InChI is InChI=1S/C40H80Br4P/c1-5-9-13-17-21-25-29-33-37(41)45(38(42)34-30-26-22-18-14-10-6-2,39(43)35-31-27-23-19-15-11-7-3)40(44)36-32-28-24-20-16-12-8-4/h37-40H,5-36H2,1-4H3/q+1. The molecule has 272 valence electrons. The average Bonchev–Trinajstić information content (AvgIpc) is 3.03. The highest BCUT2D eigenvalue weighted by atomic mass is 79.9. The largest absolute Gasteiger partial charge is 0.127 e. The Kier molecular flexibility index (Phi) is 36.6. The van der Waals surface area contributed by atoms with E-state index in [4.69, 9.17) is 0 Å². The molecule has 4 unspecified atom stereocenters. The minimum Gasteiger partial charge on any atom is -0.0654 e. The minimum atomic E-state index is -1.46. The molecular weight excluding hydrogens is 831 g/mol. The lowest BCUT2D eigenvalue weighted by molar-refractivity contribution is 0.572. The van der Waals surface area contributed by atoms with Crippen molar-refractivity contribution in [3.05, 3.63) is 0 Å². The van der Waals surface area contributed by atoms with Gasteiger partial charge in [0.1, 0.15) is 18.3 Å². The quantitative estimate of drug-likeness (QED) is 0.0334. The average molecular weight is 912 g/mol. The normalized spacial score (nSPS) is 16.0. The summed E-state index contributed by atoms with van der Waals surface area (Å²) in [5.41, 5.74) is 0. The van der Waals surface area contributed by atoms with Crippen LogP contribution in [0.4, 0.5) is 0 Å². The first-order valence-electron chi connectivity index (χ1n) is 20.4. The molecule has 0 aromatic heterocycles. The van der Waals surface area contributed by atoms with E-state index in [-0.39, 0.29) is 0 Å². The number of hydrogen-bond donors (Lipinski definition) is 0. The third-order valence-electron chi connectivity index (χ3n) is 10.1. The number of rotatable bonds is 36. The molecule has 5 heteroatoms. The first-order chi connectivity index (χ1) is 21.9. The summed E-state index contributed by atoms with van der Waals surface area (Å²) in [6.45, 7) is 9.31. The van der Waals surface area contributed by atoms with Crippen molar-refractivity contribution in [2.45, 2.75) is 251 Å². The second-order valence-electron chi connectivity index (χ2n) is 14.3. The van der Waals surface area contributed by atoms with E-state index < -0.39 is 7.26 Å². The highest BCUT2D eigenvalue weighted by Gasteiger charge is 2.59. The Labute approximate surface area is 320 Å². The van der Waals surface area contributed by atoms with Crippen LogP contribution in [0.15, 0.2) is 0 Å². The molecule has 0 aromatic carbocycles. The smallest absolute Gasteiger partial charge is 0.0654 e. The molecule has 45 heavy (non-hydrogen) atoms. The predicted octanol–water partition coefficient (Wildman–Crippen LogP) is 18.5. The van der Waals surface area contributed by atoms with Crippen LogP contribution in [0.25, 0.3) is 0 Å². The highest BCUT2D eigenvalue weighted by molar-refractivity contribution is 9.16. The SMILES string of the molecule is CCCCCCCCCC(Br)[P+](C(Br)CCCCCCCCC)(C(Br)CCCCCCCCC)C(Br)CCCCCCCCC. The molecule has 0 aliphatic carbocycles. The minimum absolute atomic E-state index is 0.637. The summed E-state index contributed by atoms with van der Waals surface area (Å²) in [4.78, 5) is 0. The van der Waals surface area contributed by atoms with Gasteiger partial charge in [-0.1, -0.05) is 182 Å². The number of alkyl halides is 4. The van der Waals surface area contributed by atoms with Crippen molar-refractivity contribution in [3.8, 4) is 0 Å². The van der Waals surface area contributed by atoms with Crippen molar-refractivity contribution in [1.82, 2.24) is 0 Å². The second kappa shape index (κ2) is 34.8. The van der Waals surface area contributed by atoms with Gasteiger partial charge in [0.05, 0.1) is 7.26 Å². The Morgan fingerprint density at radius 2 is 0.422 bits per heavy atom. The molecule has 0 aliphatic heterocycles. The maximum absolute atomic E-state index is 4.51. The van der Waals surface area contributed by atoms with Gasteiger partial charge in [-0.3, -0.25) is 0 Å². The van der Waals surface area contributed by atoms with E-state index in [1.54, 1.807) is 0 Å². The van der Waals surface area contributed by atoms with E-state index in [9.17, 15) is 0 Å². The van der Waals surface area contributed by atoms with Crippen LogP contribution in [0.5, 0.6) is 0 Å². The lowest BCUT2D eigenvalue weighted by Crippen LogP contribution is -2.30. The van der Waals surface area contributed by atoms with E-state index in [1.165, 1.54) is 205 Å². The zero-order valence-electron chi connectivity index (χ0n) is 30.9. The van der Waals surface area contributed by atoms with Crippen molar-refractivity contribution in [1.29, 1.82) is 0 Å². The fraction of sp³-hybridized carbons (Fsp3) is 1.00. The van der Waals surface area contributed by atoms with E-state index in [2.05, 4.69) is 91.4 Å². The Bertz CT molecular complexity index is 487. The molecule has 0 saturated heterocycles. The van der Waals surface area contributed by atoms with Gasteiger partial charge in [-0.05, 0) is 115 Å². The van der Waals surface area contributed by atoms with Gasteiger partial charge in [0, 0.05) is 0 Å². The monoisotopic (exact) mass is 907 g/mol. The zero-order valence-corrected chi connectivity index (χ0v) is 38.1. The molecule has 0 heterocycles. The van der Waals surface area contributed by atoms with Gasteiger partial charge >= 0.3 is 0 Å². The van der Waals surface area contributed by atoms with Gasteiger partial charge in [0.2, 0.25) is 0 Å². The molecular formula is C40H80Br4P+. The fourth-order valence-corrected chi connectivity index (χ4v) is 28.9. The van der Waals surface area contributed by atoms with Crippen LogP contribution in [0.1, 0.15) is 233 Å². The summed E-state index contributed by atoms with van der Waals surface area (Å²) in [6, 6.07) is 0. The van der Waals surface area contributed by atoms with Crippen molar-refractivity contribution in [2.24, 2.45) is 0 Å². The van der Waals surface area contributed by atoms with Crippen LogP contribution in [0.3, 0.4) is 0 Å². The van der Waals surface area contributed by atoms with E-state index in [1.807, 2.05) is 0 Å². The molecule has 0 bridgehead atoms. The van der Waals surface area contributed by atoms with Crippen molar-refractivity contribution < 1.29 is 0 Å². The maximum atomic E-state index is 4.51. The lowest BCUT2D eigenvalue weighted by Gasteiger charge is -2.43. The first kappa shape index (κ1) is 47.4. The van der Waals surface area contributed by atoms with Gasteiger partial charge in [0.25, 0.3) is 0 Å². The molecule has 0 rings (SSSR count). The fourth-order valence-electron chi connectivity index (χ4n) is 7.03. The Morgan fingerprint density at radius 3 is 0.600 bits per heavy atom. The lowest BCUT2D eigenvalue weighted by atomic mass is 10.1. The summed E-state index contributed by atoms with van der Waals surface area (Å²) in [5, 5.41) is 0. The van der Waals surface area contributed by atoms with Crippen LogP contribution < -0.4 is 0 Å². The molecule has 0 N–H and O–H groups in total. The van der Waals surface area contributed by atoms with Crippen molar-refractivity contribution in [2.75, 3.05) is 0 Å². The predicted molar refractivity (Wildman–Crippen MR) is 228 cm³/mol. The molecule has 0 nitrogen and oxygen atoms in total. The van der Waals surface area contributed by atoms with Crippen molar-refractivity contribution in [3.63, 3.8) is 0 Å². The maximum Gasteiger partial charge on any atom is 0.127 e. The van der Waals surface area contributed by atoms with Crippen molar-refractivity contribution >= 4 is 71.0 Å². The third-order valence-corrected chi connectivity index (χ3v) is 25.4. The van der Waals surface area contributed by atoms with E-state index in [0.29, 0.717) is 18.3 Å².